The number of rotatable bonds is 18. The second kappa shape index (κ2) is 17.0. The van der Waals surface area contributed by atoms with E-state index in [2.05, 4.69) is 21.3 Å². The molecule has 0 spiro atoms. The highest BCUT2D eigenvalue weighted by atomic mass is 16.3. The Hall–Kier alpha value is -3.46. The molecule has 0 aliphatic heterocycles. The zero-order chi connectivity index (χ0) is 27.0. The number of aliphatic hydroxyl groups is 2. The number of primary amides is 3. The summed E-state index contributed by atoms with van der Waals surface area (Å²) < 4.78 is 0. The quantitative estimate of drug-likeness (QED) is 0.0834. The number of hydrogen-bond donors (Lipinski definition) is 9. The number of hydrogen-bond acceptors (Lipinski definition) is 8. The highest BCUT2D eigenvalue weighted by molar-refractivity contribution is 5.92. The first kappa shape index (κ1) is 31.5. The van der Waals surface area contributed by atoms with Gasteiger partial charge < -0.3 is 48.7 Å². The van der Waals surface area contributed by atoms with Gasteiger partial charge in [0.05, 0.1) is 19.1 Å². The molecule has 0 aliphatic carbocycles. The average Bonchev–Trinajstić information content (AvgIpc) is 2.76. The van der Waals surface area contributed by atoms with Gasteiger partial charge in [-0.25, -0.2) is 4.79 Å². The minimum Gasteiger partial charge on any atom is -0.394 e. The van der Waals surface area contributed by atoms with Crippen LogP contribution in [0.4, 0.5) is 4.79 Å². The minimum absolute atomic E-state index is 0.176. The van der Waals surface area contributed by atoms with Crippen molar-refractivity contribution in [3.05, 3.63) is 0 Å². The SMILES string of the molecule is CC(O)[C@@H](NC(=O)CCCCCCCNC(=O)[C@@H](CO)NC(=O)N[C@H](CC(N)=O)C(N)=O)C(N)=O. The normalized spacial score (nSPS) is 14.0. The summed E-state index contributed by atoms with van der Waals surface area (Å²) in [5, 5.41) is 28.0. The Morgan fingerprint density at radius 3 is 1.89 bits per heavy atom. The van der Waals surface area contributed by atoms with Gasteiger partial charge in [-0.3, -0.25) is 24.0 Å². The van der Waals surface area contributed by atoms with Crippen LogP contribution in [-0.2, 0) is 24.0 Å². The first-order chi connectivity index (χ1) is 16.4. The predicted molar refractivity (Wildman–Crippen MR) is 123 cm³/mol. The van der Waals surface area contributed by atoms with Crippen LogP contribution in [0.3, 0.4) is 0 Å². The van der Waals surface area contributed by atoms with Crippen LogP contribution in [0.1, 0.15) is 51.9 Å². The number of nitrogens with one attached hydrogen (secondary N) is 4. The molecule has 7 amide bonds. The van der Waals surface area contributed by atoms with E-state index in [-0.39, 0.29) is 18.9 Å². The zero-order valence-electron chi connectivity index (χ0n) is 19.7. The van der Waals surface area contributed by atoms with Gasteiger partial charge in [0.25, 0.3) is 0 Å². The lowest BCUT2D eigenvalue weighted by Gasteiger charge is -2.19. The average molecular weight is 504 g/mol. The Morgan fingerprint density at radius 2 is 1.37 bits per heavy atom. The van der Waals surface area contributed by atoms with Gasteiger partial charge in [0.2, 0.25) is 29.5 Å². The van der Waals surface area contributed by atoms with Crippen molar-refractivity contribution in [3.8, 4) is 0 Å². The molecule has 1 unspecified atom stereocenters. The zero-order valence-corrected chi connectivity index (χ0v) is 19.7. The molecule has 0 aromatic rings. The molecule has 15 heteroatoms. The van der Waals surface area contributed by atoms with Crippen LogP contribution in [0.5, 0.6) is 0 Å². The van der Waals surface area contributed by atoms with E-state index in [1.807, 2.05) is 0 Å². The second-order valence-electron chi connectivity index (χ2n) is 7.98. The summed E-state index contributed by atoms with van der Waals surface area (Å²) in [4.78, 5) is 69.2. The molecule has 0 bridgehead atoms. The standard InChI is InChI=1S/C20H37N7O8/c1-11(29)16(18(23)33)27-15(31)7-5-3-2-4-6-8-24-19(34)13(10-28)26-20(35)25-12(17(22)32)9-14(21)30/h11-13,16,28-29H,2-10H2,1H3,(H2,21,30)(H2,22,32)(H2,23,33)(H,24,34)(H,27,31)(H2,25,26,35)/t11?,12-,13-,16-/m1/s1. The fourth-order valence-electron chi connectivity index (χ4n) is 2.93. The molecule has 0 saturated carbocycles. The summed E-state index contributed by atoms with van der Waals surface area (Å²) in [7, 11) is 0. The van der Waals surface area contributed by atoms with E-state index in [4.69, 9.17) is 17.2 Å². The summed E-state index contributed by atoms with van der Waals surface area (Å²) in [5.41, 5.74) is 15.2. The molecule has 0 heterocycles. The maximum Gasteiger partial charge on any atom is 0.316 e. The lowest BCUT2D eigenvalue weighted by molar-refractivity contribution is -0.129. The molecule has 4 atom stereocenters. The molecule has 0 aromatic carbocycles. The van der Waals surface area contributed by atoms with Crippen LogP contribution in [0, 0.1) is 0 Å². The van der Waals surface area contributed by atoms with Crippen molar-refractivity contribution in [2.75, 3.05) is 13.2 Å². The third-order valence-corrected chi connectivity index (χ3v) is 4.84. The molecule has 15 nitrogen and oxygen atoms in total. The summed E-state index contributed by atoms with van der Waals surface area (Å²) >= 11 is 0. The van der Waals surface area contributed by atoms with Gasteiger partial charge in [-0.15, -0.1) is 0 Å². The van der Waals surface area contributed by atoms with Crippen molar-refractivity contribution in [2.45, 2.75) is 76.1 Å². The fraction of sp³-hybridized carbons (Fsp3) is 0.700. The lowest BCUT2D eigenvalue weighted by atomic mass is 10.1. The molecular weight excluding hydrogens is 466 g/mol. The Labute approximate surface area is 202 Å². The van der Waals surface area contributed by atoms with Crippen LogP contribution in [-0.4, -0.2) is 83.2 Å². The van der Waals surface area contributed by atoms with E-state index in [0.717, 1.165) is 19.3 Å². The molecule has 0 aliphatic rings. The molecular formula is C20H37N7O8. The third kappa shape index (κ3) is 14.4. The van der Waals surface area contributed by atoms with E-state index < -0.39 is 66.9 Å². The van der Waals surface area contributed by atoms with Gasteiger partial charge in [-0.1, -0.05) is 19.3 Å². The summed E-state index contributed by atoms with van der Waals surface area (Å²) in [6.45, 7) is 0.928. The maximum atomic E-state index is 12.1. The number of unbranched alkanes of at least 4 members (excludes halogenated alkanes) is 4. The number of carbonyl (C=O) groups excluding carboxylic acids is 6. The van der Waals surface area contributed by atoms with Gasteiger partial charge in [0, 0.05) is 13.0 Å². The largest absolute Gasteiger partial charge is 0.394 e. The Bertz CT molecular complexity index is 747. The Balaban J connectivity index is 4.14. The fourth-order valence-corrected chi connectivity index (χ4v) is 2.93. The molecule has 35 heavy (non-hydrogen) atoms. The van der Waals surface area contributed by atoms with E-state index >= 15 is 0 Å². The highest BCUT2D eigenvalue weighted by Gasteiger charge is 2.24. The van der Waals surface area contributed by atoms with Gasteiger partial charge in [0.15, 0.2) is 0 Å². The van der Waals surface area contributed by atoms with Crippen LogP contribution in [0.25, 0.3) is 0 Å². The molecule has 12 N–H and O–H groups in total. The van der Waals surface area contributed by atoms with Crippen molar-refractivity contribution in [2.24, 2.45) is 17.2 Å². The first-order valence-electron chi connectivity index (χ1n) is 11.2. The van der Waals surface area contributed by atoms with Crippen molar-refractivity contribution in [1.29, 1.82) is 0 Å². The Morgan fingerprint density at radius 1 is 0.800 bits per heavy atom. The topological polar surface area (TPSA) is 269 Å². The summed E-state index contributed by atoms with van der Waals surface area (Å²) in [6.07, 6.45) is 1.99. The van der Waals surface area contributed by atoms with E-state index in [0.29, 0.717) is 12.8 Å². The number of urea groups is 1. The molecule has 0 rings (SSSR count). The van der Waals surface area contributed by atoms with E-state index in [9.17, 15) is 39.0 Å². The predicted octanol–water partition coefficient (Wildman–Crippen LogP) is -3.82. The lowest BCUT2D eigenvalue weighted by Crippen LogP contribution is -2.56. The number of nitrogens with two attached hydrogens (primary N) is 3. The monoisotopic (exact) mass is 503 g/mol. The van der Waals surface area contributed by atoms with Crippen LogP contribution in [0.15, 0.2) is 0 Å². The third-order valence-electron chi connectivity index (χ3n) is 4.84. The molecule has 0 fully saturated rings. The summed E-state index contributed by atoms with van der Waals surface area (Å²) in [6, 6.07) is -4.76. The van der Waals surface area contributed by atoms with E-state index in [1.54, 1.807) is 0 Å². The van der Waals surface area contributed by atoms with Crippen LogP contribution >= 0.6 is 0 Å². The van der Waals surface area contributed by atoms with E-state index in [1.165, 1.54) is 6.92 Å². The molecule has 0 aromatic heterocycles. The van der Waals surface area contributed by atoms with Crippen molar-refractivity contribution in [1.82, 2.24) is 21.3 Å². The Kier molecular flexibility index (Phi) is 15.4. The van der Waals surface area contributed by atoms with Crippen LogP contribution in [0.2, 0.25) is 0 Å². The van der Waals surface area contributed by atoms with Crippen molar-refractivity contribution < 1.29 is 39.0 Å². The van der Waals surface area contributed by atoms with Gasteiger partial charge in [-0.05, 0) is 19.8 Å². The van der Waals surface area contributed by atoms with Gasteiger partial charge in [-0.2, -0.15) is 0 Å². The van der Waals surface area contributed by atoms with Crippen LogP contribution < -0.4 is 38.5 Å². The smallest absolute Gasteiger partial charge is 0.316 e. The highest BCUT2D eigenvalue weighted by Crippen LogP contribution is 2.05. The number of carbonyl (C=O) groups is 6. The number of amides is 7. The molecule has 0 saturated heterocycles. The molecule has 200 valence electrons. The summed E-state index contributed by atoms with van der Waals surface area (Å²) in [5.74, 6) is -3.69. The van der Waals surface area contributed by atoms with Gasteiger partial charge in [0.1, 0.15) is 18.1 Å². The van der Waals surface area contributed by atoms with Gasteiger partial charge >= 0.3 is 6.03 Å². The van der Waals surface area contributed by atoms with Crippen molar-refractivity contribution in [3.63, 3.8) is 0 Å². The maximum absolute atomic E-state index is 12.1. The first-order valence-corrected chi connectivity index (χ1v) is 11.2. The second-order valence-corrected chi connectivity index (χ2v) is 7.98. The number of aliphatic hydroxyl groups excluding tert-OH is 2. The van der Waals surface area contributed by atoms with Crippen molar-refractivity contribution >= 4 is 35.6 Å². The molecule has 0 radical (unpaired) electrons. The minimum atomic E-state index is -1.36.